The molecule has 0 saturated heterocycles. The van der Waals surface area contributed by atoms with Gasteiger partial charge in [-0.1, -0.05) is 54.6 Å². The Balaban J connectivity index is 1.99. The second-order valence-electron chi connectivity index (χ2n) is 4.90. The lowest BCUT2D eigenvalue weighted by atomic mass is 9.78. The number of hydrogen-bond donors (Lipinski definition) is 0. The van der Waals surface area contributed by atoms with Gasteiger partial charge in [-0.2, -0.15) is 0 Å². The van der Waals surface area contributed by atoms with E-state index >= 15 is 0 Å². The summed E-state index contributed by atoms with van der Waals surface area (Å²) in [5, 5.41) is 0. The molecule has 1 aliphatic rings. The molecule has 0 bridgehead atoms. The van der Waals surface area contributed by atoms with Gasteiger partial charge in [0.1, 0.15) is 5.78 Å². The van der Waals surface area contributed by atoms with Gasteiger partial charge < -0.3 is 0 Å². The van der Waals surface area contributed by atoms with Crippen molar-refractivity contribution >= 4 is 11.6 Å². The first-order valence-electron chi connectivity index (χ1n) is 6.44. The van der Waals surface area contributed by atoms with Crippen molar-refractivity contribution < 1.29 is 9.59 Å². The van der Waals surface area contributed by atoms with Gasteiger partial charge in [-0.15, -0.1) is 0 Å². The molecule has 2 nitrogen and oxygen atoms in total. The Kier molecular flexibility index (Phi) is 3.00. The van der Waals surface area contributed by atoms with Gasteiger partial charge in [0.2, 0.25) is 0 Å². The first kappa shape index (κ1) is 11.8. The maximum atomic E-state index is 12.2. The lowest BCUT2D eigenvalue weighted by Crippen LogP contribution is -2.26. The molecule has 19 heavy (non-hydrogen) atoms. The third kappa shape index (κ3) is 2.22. The van der Waals surface area contributed by atoms with E-state index in [1.807, 2.05) is 54.6 Å². The molecule has 0 spiro atoms. The third-order valence-electron chi connectivity index (χ3n) is 3.64. The highest BCUT2D eigenvalue weighted by atomic mass is 16.1. The predicted molar refractivity (Wildman–Crippen MR) is 73.3 cm³/mol. The lowest BCUT2D eigenvalue weighted by Gasteiger charge is -2.23. The van der Waals surface area contributed by atoms with Gasteiger partial charge in [-0.25, -0.2) is 0 Å². The molecule has 2 aromatic rings. The third-order valence-corrected chi connectivity index (χ3v) is 3.64. The summed E-state index contributed by atoms with van der Waals surface area (Å²) in [6, 6.07) is 17.4. The lowest BCUT2D eigenvalue weighted by molar-refractivity contribution is -0.119. The molecule has 1 atom stereocenters. The Morgan fingerprint density at radius 3 is 2.37 bits per heavy atom. The summed E-state index contributed by atoms with van der Waals surface area (Å²) in [6.07, 6.45) is 0.707. The molecule has 1 aliphatic carbocycles. The van der Waals surface area contributed by atoms with E-state index in [4.69, 9.17) is 0 Å². The van der Waals surface area contributed by atoms with E-state index in [2.05, 4.69) is 0 Å². The van der Waals surface area contributed by atoms with Crippen LogP contribution in [0.15, 0.2) is 54.6 Å². The van der Waals surface area contributed by atoms with Gasteiger partial charge in [0, 0.05) is 11.5 Å². The van der Waals surface area contributed by atoms with Crippen LogP contribution in [-0.2, 0) is 11.2 Å². The summed E-state index contributed by atoms with van der Waals surface area (Å²) in [5.74, 6) is -0.200. The van der Waals surface area contributed by atoms with Crippen LogP contribution in [0.25, 0.3) is 0 Å². The number of rotatable bonds is 2. The smallest absolute Gasteiger partial charge is 0.170 e. The van der Waals surface area contributed by atoms with Crippen LogP contribution in [0.2, 0.25) is 0 Å². The normalized spacial score (nSPS) is 18.2. The minimum absolute atomic E-state index is 0.0348. The van der Waals surface area contributed by atoms with E-state index in [1.54, 1.807) is 0 Å². The van der Waals surface area contributed by atoms with Crippen molar-refractivity contribution in [2.24, 2.45) is 0 Å². The number of ketones is 2. The number of fused-ring (bicyclic) bond motifs is 1. The van der Waals surface area contributed by atoms with Gasteiger partial charge in [-0.3, -0.25) is 9.59 Å². The van der Waals surface area contributed by atoms with Crippen LogP contribution >= 0.6 is 0 Å². The summed E-state index contributed by atoms with van der Waals surface area (Å²) >= 11 is 0. The molecule has 2 aromatic carbocycles. The molecule has 0 amide bonds. The number of benzene rings is 2. The zero-order valence-electron chi connectivity index (χ0n) is 10.5. The summed E-state index contributed by atoms with van der Waals surface area (Å²) in [6.45, 7) is 0. The van der Waals surface area contributed by atoms with Crippen molar-refractivity contribution in [1.82, 2.24) is 0 Å². The molecule has 0 heterocycles. The number of hydrogen-bond acceptors (Lipinski definition) is 2. The van der Waals surface area contributed by atoms with E-state index in [-0.39, 0.29) is 23.9 Å². The SMILES string of the molecule is O=C1CC(=O)C(Cc2ccccc2)c2ccccc21. The van der Waals surface area contributed by atoms with Crippen LogP contribution < -0.4 is 0 Å². The Morgan fingerprint density at radius 2 is 1.58 bits per heavy atom. The Hall–Kier alpha value is -2.22. The van der Waals surface area contributed by atoms with Crippen LogP contribution in [-0.4, -0.2) is 11.6 Å². The van der Waals surface area contributed by atoms with Crippen molar-refractivity contribution in [3.05, 3.63) is 71.3 Å². The maximum absolute atomic E-state index is 12.2. The van der Waals surface area contributed by atoms with E-state index in [1.165, 1.54) is 0 Å². The van der Waals surface area contributed by atoms with Crippen molar-refractivity contribution in [3.63, 3.8) is 0 Å². The molecule has 0 N–H and O–H groups in total. The summed E-state index contributed by atoms with van der Waals surface area (Å²) in [7, 11) is 0. The van der Waals surface area contributed by atoms with Crippen LogP contribution in [0.5, 0.6) is 0 Å². The highest BCUT2D eigenvalue weighted by molar-refractivity contribution is 6.14. The van der Waals surface area contributed by atoms with Crippen molar-refractivity contribution in [3.8, 4) is 0 Å². The highest BCUT2D eigenvalue weighted by Gasteiger charge is 2.31. The molecule has 1 unspecified atom stereocenters. The zero-order valence-corrected chi connectivity index (χ0v) is 10.5. The molecule has 0 aliphatic heterocycles. The second-order valence-corrected chi connectivity index (χ2v) is 4.90. The Labute approximate surface area is 112 Å². The first-order chi connectivity index (χ1) is 9.25. The fraction of sp³-hybridized carbons (Fsp3) is 0.176. The quantitative estimate of drug-likeness (QED) is 0.767. The van der Waals surface area contributed by atoms with E-state index < -0.39 is 0 Å². The number of Topliss-reactive ketones (excluding diaryl/α,β-unsaturated/α-hetero) is 2. The van der Waals surface area contributed by atoms with Gasteiger partial charge in [0.25, 0.3) is 0 Å². The van der Waals surface area contributed by atoms with Gasteiger partial charge in [-0.05, 0) is 17.5 Å². The second kappa shape index (κ2) is 4.81. The molecule has 0 radical (unpaired) electrons. The van der Waals surface area contributed by atoms with Crippen LogP contribution in [0.1, 0.15) is 33.8 Å². The maximum Gasteiger partial charge on any atom is 0.170 e. The summed E-state index contributed by atoms with van der Waals surface area (Å²) in [4.78, 5) is 24.0. The predicted octanol–water partition coefficient (Wildman–Crippen LogP) is 3.17. The number of carbonyl (C=O) groups excluding carboxylic acids is 2. The monoisotopic (exact) mass is 250 g/mol. The molecule has 3 rings (SSSR count). The molecule has 0 aromatic heterocycles. The largest absolute Gasteiger partial charge is 0.299 e. The standard InChI is InChI=1S/C17H14O2/c18-16-11-17(19)15(10-12-6-2-1-3-7-12)13-8-4-5-9-14(13)16/h1-9,15H,10-11H2. The average Bonchev–Trinajstić information content (AvgIpc) is 2.45. The van der Waals surface area contributed by atoms with E-state index in [9.17, 15) is 9.59 Å². The molecular weight excluding hydrogens is 236 g/mol. The van der Waals surface area contributed by atoms with Crippen molar-refractivity contribution in [1.29, 1.82) is 0 Å². The van der Waals surface area contributed by atoms with Crippen LogP contribution in [0.3, 0.4) is 0 Å². The Morgan fingerprint density at radius 1 is 0.895 bits per heavy atom. The minimum atomic E-state index is -0.184. The molecule has 2 heteroatoms. The topological polar surface area (TPSA) is 34.1 Å². The van der Waals surface area contributed by atoms with Gasteiger partial charge >= 0.3 is 0 Å². The van der Waals surface area contributed by atoms with Crippen LogP contribution in [0.4, 0.5) is 0 Å². The molecule has 0 saturated carbocycles. The summed E-state index contributed by atoms with van der Waals surface area (Å²) in [5.41, 5.74) is 2.72. The molecule has 0 fully saturated rings. The van der Waals surface area contributed by atoms with Crippen molar-refractivity contribution in [2.45, 2.75) is 18.8 Å². The Bertz CT molecular complexity index is 629. The van der Waals surface area contributed by atoms with Crippen molar-refractivity contribution in [2.75, 3.05) is 0 Å². The minimum Gasteiger partial charge on any atom is -0.299 e. The first-order valence-corrected chi connectivity index (χ1v) is 6.44. The fourth-order valence-corrected chi connectivity index (χ4v) is 2.68. The van der Waals surface area contributed by atoms with E-state index in [0.29, 0.717) is 12.0 Å². The van der Waals surface area contributed by atoms with E-state index in [0.717, 1.165) is 11.1 Å². The van der Waals surface area contributed by atoms with Gasteiger partial charge in [0.15, 0.2) is 5.78 Å². The number of carbonyl (C=O) groups is 2. The highest BCUT2D eigenvalue weighted by Crippen LogP contribution is 2.31. The summed E-state index contributed by atoms with van der Waals surface area (Å²) < 4.78 is 0. The molecular formula is C17H14O2. The fourth-order valence-electron chi connectivity index (χ4n) is 2.68. The average molecular weight is 250 g/mol. The van der Waals surface area contributed by atoms with Gasteiger partial charge in [0.05, 0.1) is 6.42 Å². The molecule has 94 valence electrons. The zero-order chi connectivity index (χ0) is 13.2. The van der Waals surface area contributed by atoms with Crippen LogP contribution in [0, 0.1) is 0 Å².